The minimum absolute atomic E-state index is 0.123. The Labute approximate surface area is 323 Å². The maximum Gasteiger partial charge on any atom is 0.303 e. The second kappa shape index (κ2) is 36.3. The Hall–Kier alpha value is -1.69. The van der Waals surface area contributed by atoms with Gasteiger partial charge in [0.05, 0.1) is 12.7 Å². The van der Waals surface area contributed by atoms with Crippen molar-refractivity contribution in [3.05, 3.63) is 48.6 Å². The molecular formula is C47H85NO4. The molecule has 1 atom stereocenters. The van der Waals surface area contributed by atoms with Crippen molar-refractivity contribution < 1.29 is 19.4 Å². The summed E-state index contributed by atoms with van der Waals surface area (Å²) in [4.78, 5) is 13.1. The number of carbonyl (C=O) groups is 1. The normalized spacial score (nSPS) is 16.3. The van der Waals surface area contributed by atoms with Gasteiger partial charge in [-0.3, -0.25) is 4.79 Å². The van der Waals surface area contributed by atoms with Crippen molar-refractivity contribution in [2.45, 2.75) is 218 Å². The molecule has 0 aromatic rings. The zero-order valence-electron chi connectivity index (χ0n) is 34.6. The lowest BCUT2D eigenvalue weighted by Crippen LogP contribution is -2.35. The van der Waals surface area contributed by atoms with Crippen LogP contribution in [0.2, 0.25) is 0 Å². The van der Waals surface area contributed by atoms with Gasteiger partial charge in [0, 0.05) is 25.8 Å². The Morgan fingerprint density at radius 3 is 1.48 bits per heavy atom. The summed E-state index contributed by atoms with van der Waals surface area (Å²) in [6, 6.07) is 0. The van der Waals surface area contributed by atoms with Crippen LogP contribution >= 0.6 is 0 Å². The summed E-state index contributed by atoms with van der Waals surface area (Å²) in [6.45, 7) is 7.07. The predicted octanol–water partition coefficient (Wildman–Crippen LogP) is 14.1. The lowest BCUT2D eigenvalue weighted by molar-refractivity contribution is -0.180. The van der Waals surface area contributed by atoms with Gasteiger partial charge in [0.2, 0.25) is 0 Å². The highest BCUT2D eigenvalue weighted by Gasteiger charge is 2.40. The highest BCUT2D eigenvalue weighted by Crippen LogP contribution is 2.35. The predicted molar refractivity (Wildman–Crippen MR) is 225 cm³/mol. The molecule has 1 fully saturated rings. The Morgan fingerprint density at radius 1 is 0.596 bits per heavy atom. The molecule has 0 aromatic heterocycles. The number of carboxylic acid groups (broad SMARTS) is 1. The molecule has 5 nitrogen and oxygen atoms in total. The molecule has 1 N–H and O–H groups in total. The number of aliphatic carboxylic acids is 1. The van der Waals surface area contributed by atoms with Gasteiger partial charge < -0.3 is 19.5 Å². The topological polar surface area (TPSA) is 59.0 Å². The van der Waals surface area contributed by atoms with Crippen LogP contribution in [0.5, 0.6) is 0 Å². The number of carboxylic acids is 1. The Balaban J connectivity index is 2.31. The molecule has 1 aliphatic rings. The molecule has 0 saturated carbocycles. The summed E-state index contributed by atoms with van der Waals surface area (Å²) in [5, 5.41) is 8.89. The average molecular weight is 728 g/mol. The molecule has 1 aliphatic heterocycles. The lowest BCUT2D eigenvalue weighted by Gasteiger charge is -2.29. The highest BCUT2D eigenvalue weighted by atomic mass is 16.7. The van der Waals surface area contributed by atoms with Crippen LogP contribution in [-0.2, 0) is 14.3 Å². The molecule has 0 radical (unpaired) electrons. The fourth-order valence-electron chi connectivity index (χ4n) is 7.13. The SMILES string of the molecule is CCCCC/C=C\C/C=C\CCCCCCCCC1(CCCCCCCC/C=C\C/C=C\CCCCC)OC[C@H](CN(C)CCCCCC(=O)O)O1. The number of unbranched alkanes of at least 4 members (excludes halogenated alkanes) is 20. The average Bonchev–Trinajstić information content (AvgIpc) is 3.53. The van der Waals surface area contributed by atoms with Gasteiger partial charge in [-0.2, -0.15) is 0 Å². The minimum atomic E-state index is -0.694. The Kier molecular flexibility index (Phi) is 33.7. The monoisotopic (exact) mass is 728 g/mol. The summed E-state index contributed by atoms with van der Waals surface area (Å²) in [6.07, 6.45) is 54.3. The van der Waals surface area contributed by atoms with Crippen molar-refractivity contribution in [3.8, 4) is 0 Å². The molecule has 0 bridgehead atoms. The number of rotatable bonds is 38. The van der Waals surface area contributed by atoms with Gasteiger partial charge in [-0.15, -0.1) is 0 Å². The van der Waals surface area contributed by atoms with E-state index >= 15 is 0 Å². The molecule has 0 amide bonds. The van der Waals surface area contributed by atoms with Crippen molar-refractivity contribution in [1.29, 1.82) is 0 Å². The van der Waals surface area contributed by atoms with Crippen LogP contribution in [-0.4, -0.2) is 54.6 Å². The number of allylic oxidation sites excluding steroid dienone is 8. The number of ether oxygens (including phenoxy) is 2. The zero-order chi connectivity index (χ0) is 37.6. The lowest BCUT2D eigenvalue weighted by atomic mass is 9.98. The summed E-state index contributed by atoms with van der Waals surface area (Å²) < 4.78 is 13.3. The number of likely N-dealkylation sites (N-methyl/N-ethyl adjacent to an activating group) is 1. The number of nitrogens with zero attached hydrogens (tertiary/aromatic N) is 1. The smallest absolute Gasteiger partial charge is 0.303 e. The van der Waals surface area contributed by atoms with E-state index in [-0.39, 0.29) is 12.5 Å². The fourth-order valence-corrected chi connectivity index (χ4v) is 7.13. The van der Waals surface area contributed by atoms with Gasteiger partial charge in [0.25, 0.3) is 0 Å². The third-order valence-corrected chi connectivity index (χ3v) is 10.4. The standard InChI is InChI=1S/C47H85NO4/c1-4-6-8-10-12-14-16-18-20-22-24-26-28-30-32-36-40-47(51-44-45(52-47)43-48(3)42-38-34-35-39-46(49)50)41-37-33-31-29-27-25-23-21-19-17-15-13-11-9-7-5-2/h12-15,18-21,45H,4-11,16-17,22-44H2,1-3H3,(H,49,50)/b14-12-,15-13-,20-18-,21-19-/t45-/m0/s1. The molecule has 0 spiro atoms. The van der Waals surface area contributed by atoms with E-state index in [9.17, 15) is 4.79 Å². The van der Waals surface area contributed by atoms with E-state index in [1.165, 1.54) is 141 Å². The third kappa shape index (κ3) is 30.7. The maximum absolute atomic E-state index is 10.8. The van der Waals surface area contributed by atoms with Crippen LogP contribution in [0.25, 0.3) is 0 Å². The summed E-state index contributed by atoms with van der Waals surface area (Å²) in [5.41, 5.74) is 0. The van der Waals surface area contributed by atoms with Crippen molar-refractivity contribution >= 4 is 5.97 Å². The quantitative estimate of drug-likeness (QED) is 0.0507. The molecule has 0 aromatic carbocycles. The molecule has 0 unspecified atom stereocenters. The maximum atomic E-state index is 10.8. The Bertz CT molecular complexity index is 861. The second-order valence-electron chi connectivity index (χ2n) is 15.6. The zero-order valence-corrected chi connectivity index (χ0v) is 34.6. The van der Waals surface area contributed by atoms with Gasteiger partial charge >= 0.3 is 5.97 Å². The van der Waals surface area contributed by atoms with Crippen molar-refractivity contribution in [1.82, 2.24) is 4.90 Å². The van der Waals surface area contributed by atoms with Crippen LogP contribution < -0.4 is 0 Å². The molecule has 1 heterocycles. The van der Waals surface area contributed by atoms with E-state index in [2.05, 4.69) is 74.4 Å². The highest BCUT2D eigenvalue weighted by molar-refractivity contribution is 5.66. The van der Waals surface area contributed by atoms with Gasteiger partial charge in [-0.05, 0) is 103 Å². The molecule has 0 aliphatic carbocycles. The van der Waals surface area contributed by atoms with Crippen LogP contribution in [0.4, 0.5) is 0 Å². The third-order valence-electron chi connectivity index (χ3n) is 10.4. The van der Waals surface area contributed by atoms with Crippen molar-refractivity contribution in [2.24, 2.45) is 0 Å². The summed E-state index contributed by atoms with van der Waals surface area (Å²) >= 11 is 0. The number of hydrogen-bond acceptors (Lipinski definition) is 4. The van der Waals surface area contributed by atoms with E-state index < -0.39 is 11.8 Å². The minimum Gasteiger partial charge on any atom is -0.481 e. The molecule has 1 rings (SSSR count). The first-order valence-corrected chi connectivity index (χ1v) is 22.3. The first-order valence-electron chi connectivity index (χ1n) is 22.3. The second-order valence-corrected chi connectivity index (χ2v) is 15.6. The van der Waals surface area contributed by atoms with E-state index in [4.69, 9.17) is 14.6 Å². The van der Waals surface area contributed by atoms with Crippen molar-refractivity contribution in [3.63, 3.8) is 0 Å². The van der Waals surface area contributed by atoms with E-state index in [0.29, 0.717) is 6.61 Å². The first-order chi connectivity index (χ1) is 25.5. The van der Waals surface area contributed by atoms with Crippen molar-refractivity contribution in [2.75, 3.05) is 26.7 Å². The van der Waals surface area contributed by atoms with Gasteiger partial charge in [0.1, 0.15) is 0 Å². The number of hydrogen-bond donors (Lipinski definition) is 1. The Morgan fingerprint density at radius 2 is 1.02 bits per heavy atom. The van der Waals surface area contributed by atoms with E-state index in [0.717, 1.165) is 58.0 Å². The van der Waals surface area contributed by atoms with Crippen LogP contribution in [0, 0.1) is 0 Å². The first kappa shape index (κ1) is 48.3. The largest absolute Gasteiger partial charge is 0.481 e. The van der Waals surface area contributed by atoms with E-state index in [1.807, 2.05) is 0 Å². The van der Waals surface area contributed by atoms with Crippen LogP contribution in [0.1, 0.15) is 206 Å². The van der Waals surface area contributed by atoms with Gasteiger partial charge in [0.15, 0.2) is 5.79 Å². The van der Waals surface area contributed by atoms with Crippen LogP contribution in [0.3, 0.4) is 0 Å². The van der Waals surface area contributed by atoms with Gasteiger partial charge in [-0.1, -0.05) is 146 Å². The molecule has 302 valence electrons. The fraction of sp³-hybridized carbons (Fsp3) is 0.809. The van der Waals surface area contributed by atoms with Crippen LogP contribution in [0.15, 0.2) is 48.6 Å². The summed E-state index contributed by atoms with van der Waals surface area (Å²) in [5.74, 6) is -1.10. The molecule has 5 heteroatoms. The molecular weight excluding hydrogens is 643 g/mol. The van der Waals surface area contributed by atoms with Gasteiger partial charge in [-0.25, -0.2) is 0 Å². The molecule has 1 saturated heterocycles. The van der Waals surface area contributed by atoms with E-state index in [1.54, 1.807) is 0 Å². The molecule has 52 heavy (non-hydrogen) atoms. The summed E-state index contributed by atoms with van der Waals surface area (Å²) in [7, 11) is 2.16.